The third kappa shape index (κ3) is 3.96. The van der Waals surface area contributed by atoms with Crippen LogP contribution in [0.25, 0.3) is 0 Å². The largest absolute Gasteiger partial charge is 0.493 e. The van der Waals surface area contributed by atoms with Gasteiger partial charge >= 0.3 is 0 Å². The number of hydrogen-bond acceptors (Lipinski definition) is 3. The Balaban J connectivity index is 1.48. The first kappa shape index (κ1) is 17.0. The van der Waals surface area contributed by atoms with Crippen LogP contribution in [0.1, 0.15) is 40.4 Å². The highest BCUT2D eigenvalue weighted by atomic mass is 19.1. The molecule has 0 aliphatic heterocycles. The predicted molar refractivity (Wildman–Crippen MR) is 90.7 cm³/mol. The fourth-order valence-corrected chi connectivity index (χ4v) is 3.00. The highest BCUT2D eigenvalue weighted by molar-refractivity contribution is 5.92. The minimum absolute atomic E-state index is 0.143. The average Bonchev–Trinajstić information content (AvgIpc) is 3.00. The van der Waals surface area contributed by atoms with Gasteiger partial charge in [-0.15, -0.1) is 0 Å². The lowest BCUT2D eigenvalue weighted by Gasteiger charge is -2.14. The number of nitrogens with two attached hydrogens (primary N) is 1. The Hall–Kier alpha value is -2.89. The van der Waals surface area contributed by atoms with E-state index in [1.807, 2.05) is 6.07 Å². The number of halogens is 1. The molecule has 3 N–H and O–H groups in total. The van der Waals surface area contributed by atoms with E-state index in [1.165, 1.54) is 6.07 Å². The molecule has 0 unspecified atom stereocenters. The van der Waals surface area contributed by atoms with Gasteiger partial charge < -0.3 is 15.8 Å². The second kappa shape index (κ2) is 7.34. The Bertz CT molecular complexity index is 790. The van der Waals surface area contributed by atoms with Crippen molar-refractivity contribution in [3.8, 4) is 5.75 Å². The number of ether oxygens (including phenoxy) is 1. The van der Waals surface area contributed by atoms with Gasteiger partial charge in [0.05, 0.1) is 19.1 Å². The van der Waals surface area contributed by atoms with Crippen molar-refractivity contribution >= 4 is 11.8 Å². The Morgan fingerprint density at radius 2 is 1.96 bits per heavy atom. The standard InChI is InChI=1S/C19H19FN2O3/c20-16-3-1-2-15-14(16)8-9-17(15)22-18(23)10-11-25-13-6-4-12(5-7-13)19(21)24/h1-7,17H,8-11H2,(H2,21,24)(H,22,23)/t17-/m1/s1. The quantitative estimate of drug-likeness (QED) is 0.846. The number of fused-ring (bicyclic) bond motifs is 1. The number of rotatable bonds is 6. The van der Waals surface area contributed by atoms with Gasteiger partial charge in [0.2, 0.25) is 11.8 Å². The number of nitrogens with one attached hydrogen (secondary N) is 1. The maximum atomic E-state index is 13.7. The van der Waals surface area contributed by atoms with Gasteiger partial charge in [-0.05, 0) is 54.3 Å². The lowest BCUT2D eigenvalue weighted by molar-refractivity contribution is -0.122. The molecule has 0 spiro atoms. The van der Waals surface area contributed by atoms with Crippen molar-refractivity contribution in [1.82, 2.24) is 5.32 Å². The number of carbonyl (C=O) groups excluding carboxylic acids is 2. The second-order valence-corrected chi connectivity index (χ2v) is 5.95. The fraction of sp³-hybridized carbons (Fsp3) is 0.263. The van der Waals surface area contributed by atoms with Crippen LogP contribution in [0.2, 0.25) is 0 Å². The molecule has 3 rings (SSSR count). The van der Waals surface area contributed by atoms with Crippen LogP contribution in [0.15, 0.2) is 42.5 Å². The summed E-state index contributed by atoms with van der Waals surface area (Å²) >= 11 is 0. The van der Waals surface area contributed by atoms with Crippen molar-refractivity contribution in [2.24, 2.45) is 5.73 Å². The number of primary amides is 1. The zero-order valence-corrected chi connectivity index (χ0v) is 13.6. The van der Waals surface area contributed by atoms with Gasteiger partial charge in [-0.3, -0.25) is 9.59 Å². The van der Waals surface area contributed by atoms with Crippen molar-refractivity contribution in [2.45, 2.75) is 25.3 Å². The summed E-state index contributed by atoms with van der Waals surface area (Å²) in [4.78, 5) is 23.1. The summed E-state index contributed by atoms with van der Waals surface area (Å²) in [5, 5.41) is 2.93. The molecule has 25 heavy (non-hydrogen) atoms. The number of carbonyl (C=O) groups is 2. The smallest absolute Gasteiger partial charge is 0.248 e. The molecule has 0 aromatic heterocycles. The minimum atomic E-state index is -0.501. The zero-order chi connectivity index (χ0) is 17.8. The summed E-state index contributed by atoms with van der Waals surface area (Å²) < 4.78 is 19.2. The Labute approximate surface area is 145 Å². The van der Waals surface area contributed by atoms with Crippen molar-refractivity contribution in [2.75, 3.05) is 6.61 Å². The Morgan fingerprint density at radius 3 is 2.68 bits per heavy atom. The Morgan fingerprint density at radius 1 is 1.20 bits per heavy atom. The highest BCUT2D eigenvalue weighted by Crippen LogP contribution is 2.32. The third-order valence-electron chi connectivity index (χ3n) is 4.29. The minimum Gasteiger partial charge on any atom is -0.493 e. The summed E-state index contributed by atoms with van der Waals surface area (Å²) in [6.07, 6.45) is 1.53. The molecule has 0 saturated heterocycles. The lowest BCUT2D eigenvalue weighted by Crippen LogP contribution is -2.28. The number of amides is 2. The van der Waals surface area contributed by atoms with Gasteiger partial charge in [-0.25, -0.2) is 4.39 Å². The van der Waals surface area contributed by atoms with Crippen LogP contribution in [0.5, 0.6) is 5.75 Å². The van der Waals surface area contributed by atoms with E-state index in [0.29, 0.717) is 29.7 Å². The van der Waals surface area contributed by atoms with E-state index in [9.17, 15) is 14.0 Å². The van der Waals surface area contributed by atoms with Gasteiger partial charge in [0.15, 0.2) is 0 Å². The molecule has 2 aromatic carbocycles. The zero-order valence-electron chi connectivity index (χ0n) is 13.6. The Kier molecular flexibility index (Phi) is 4.97. The summed E-state index contributed by atoms with van der Waals surface area (Å²) in [6.45, 7) is 0.213. The van der Waals surface area contributed by atoms with Crippen LogP contribution in [-0.2, 0) is 11.2 Å². The van der Waals surface area contributed by atoms with Gasteiger partial charge in [-0.1, -0.05) is 12.1 Å². The molecule has 2 amide bonds. The van der Waals surface area contributed by atoms with Crippen LogP contribution in [0.4, 0.5) is 4.39 Å². The summed E-state index contributed by atoms with van der Waals surface area (Å²) in [5.41, 5.74) is 7.12. The van der Waals surface area contributed by atoms with Gasteiger partial charge in [0.1, 0.15) is 11.6 Å². The maximum absolute atomic E-state index is 13.7. The van der Waals surface area contributed by atoms with Gasteiger partial charge in [-0.2, -0.15) is 0 Å². The van der Waals surface area contributed by atoms with Crippen LogP contribution >= 0.6 is 0 Å². The SMILES string of the molecule is NC(=O)c1ccc(OCCC(=O)N[C@@H]2CCc3c(F)cccc32)cc1. The first-order chi connectivity index (χ1) is 12.0. The van der Waals surface area contributed by atoms with Crippen LogP contribution < -0.4 is 15.8 Å². The fourth-order valence-electron chi connectivity index (χ4n) is 3.00. The highest BCUT2D eigenvalue weighted by Gasteiger charge is 2.25. The van der Waals surface area contributed by atoms with Crippen molar-refractivity contribution in [3.63, 3.8) is 0 Å². The molecule has 1 atom stereocenters. The molecule has 5 nitrogen and oxygen atoms in total. The van der Waals surface area contributed by atoms with Crippen molar-refractivity contribution < 1.29 is 18.7 Å². The number of benzene rings is 2. The van der Waals surface area contributed by atoms with E-state index in [2.05, 4.69) is 5.32 Å². The molecule has 0 saturated carbocycles. The van der Waals surface area contributed by atoms with E-state index < -0.39 is 5.91 Å². The molecule has 1 aliphatic carbocycles. The molecular weight excluding hydrogens is 323 g/mol. The van der Waals surface area contributed by atoms with Crippen molar-refractivity contribution in [3.05, 3.63) is 65.0 Å². The molecule has 6 heteroatoms. The van der Waals surface area contributed by atoms with Gasteiger partial charge in [0.25, 0.3) is 0 Å². The summed E-state index contributed by atoms with van der Waals surface area (Å²) in [7, 11) is 0. The van der Waals surface area contributed by atoms with E-state index in [0.717, 1.165) is 5.56 Å². The molecule has 0 heterocycles. The van der Waals surface area contributed by atoms with Crippen molar-refractivity contribution in [1.29, 1.82) is 0 Å². The average molecular weight is 342 g/mol. The molecular formula is C19H19FN2O3. The van der Waals surface area contributed by atoms with E-state index >= 15 is 0 Å². The van der Waals surface area contributed by atoms with Crippen LogP contribution in [-0.4, -0.2) is 18.4 Å². The van der Waals surface area contributed by atoms with Crippen LogP contribution in [0.3, 0.4) is 0 Å². The molecule has 0 bridgehead atoms. The molecule has 1 aliphatic rings. The molecule has 0 radical (unpaired) electrons. The topological polar surface area (TPSA) is 81.4 Å². The van der Waals surface area contributed by atoms with Crippen LogP contribution in [0, 0.1) is 5.82 Å². The molecule has 0 fully saturated rings. The van der Waals surface area contributed by atoms with E-state index in [1.54, 1.807) is 30.3 Å². The first-order valence-corrected chi connectivity index (χ1v) is 8.14. The summed E-state index contributed by atoms with van der Waals surface area (Å²) in [5.74, 6) is -0.293. The second-order valence-electron chi connectivity index (χ2n) is 5.95. The lowest BCUT2D eigenvalue weighted by atomic mass is 10.1. The molecule has 2 aromatic rings. The maximum Gasteiger partial charge on any atom is 0.248 e. The van der Waals surface area contributed by atoms with Gasteiger partial charge in [0, 0.05) is 5.56 Å². The number of hydrogen-bond donors (Lipinski definition) is 2. The third-order valence-corrected chi connectivity index (χ3v) is 4.29. The predicted octanol–water partition coefficient (Wildman–Crippen LogP) is 2.50. The molecule has 130 valence electrons. The summed E-state index contributed by atoms with van der Waals surface area (Å²) in [6, 6.07) is 11.2. The normalized spacial score (nSPS) is 15.5. The first-order valence-electron chi connectivity index (χ1n) is 8.14. The monoisotopic (exact) mass is 342 g/mol. The van der Waals surface area contributed by atoms with E-state index in [4.69, 9.17) is 10.5 Å². The van der Waals surface area contributed by atoms with E-state index in [-0.39, 0.29) is 30.8 Å².